The van der Waals surface area contributed by atoms with Gasteiger partial charge in [-0.15, -0.1) is 0 Å². The third kappa shape index (κ3) is 5.33. The van der Waals surface area contributed by atoms with Crippen LogP contribution in [-0.2, 0) is 22.6 Å². The van der Waals surface area contributed by atoms with Gasteiger partial charge < -0.3 is 14.2 Å². The molecule has 0 saturated heterocycles. The minimum atomic E-state index is -0.184. The van der Waals surface area contributed by atoms with E-state index in [4.69, 9.17) is 14.2 Å². The average Bonchev–Trinajstić information content (AvgIpc) is 2.59. The van der Waals surface area contributed by atoms with Crippen LogP contribution in [0.2, 0.25) is 0 Å². The number of rotatable bonds is 8. The molecule has 0 aliphatic rings. The normalized spacial score (nSPS) is 10.2. The topological polar surface area (TPSA) is 44.8 Å². The molecule has 2 rings (SSSR count). The molecule has 4 heteroatoms. The van der Waals surface area contributed by atoms with Crippen LogP contribution in [0, 0.1) is 0 Å². The van der Waals surface area contributed by atoms with E-state index in [0.29, 0.717) is 37.6 Å². The van der Waals surface area contributed by atoms with Crippen molar-refractivity contribution in [2.45, 2.75) is 26.4 Å². The number of hydrogen-bond acceptors (Lipinski definition) is 4. The molecule has 23 heavy (non-hydrogen) atoms. The Morgan fingerprint density at radius 2 is 1.78 bits per heavy atom. The Morgan fingerprint density at radius 3 is 2.48 bits per heavy atom. The molecule has 0 radical (unpaired) electrons. The van der Waals surface area contributed by atoms with Gasteiger partial charge in [0.2, 0.25) is 0 Å². The van der Waals surface area contributed by atoms with Crippen LogP contribution in [-0.4, -0.2) is 19.7 Å². The molecule has 0 fully saturated rings. The van der Waals surface area contributed by atoms with Crippen molar-refractivity contribution in [1.29, 1.82) is 0 Å². The lowest BCUT2D eigenvalue weighted by Gasteiger charge is -2.12. The molecule has 0 unspecified atom stereocenters. The predicted molar refractivity (Wildman–Crippen MR) is 88.7 cm³/mol. The highest BCUT2D eigenvalue weighted by molar-refractivity contribution is 5.69. The fourth-order valence-corrected chi connectivity index (χ4v) is 2.20. The van der Waals surface area contributed by atoms with Gasteiger partial charge in [-0.05, 0) is 36.6 Å². The van der Waals surface area contributed by atoms with Crippen molar-refractivity contribution in [1.82, 2.24) is 0 Å². The van der Waals surface area contributed by atoms with Crippen molar-refractivity contribution in [3.63, 3.8) is 0 Å². The monoisotopic (exact) mass is 314 g/mol. The Morgan fingerprint density at radius 1 is 1.00 bits per heavy atom. The summed E-state index contributed by atoms with van der Waals surface area (Å²) < 4.78 is 16.1. The maximum atomic E-state index is 11.4. The first-order chi connectivity index (χ1) is 11.2. The van der Waals surface area contributed by atoms with E-state index >= 15 is 0 Å². The number of hydrogen-bond donors (Lipinski definition) is 0. The van der Waals surface area contributed by atoms with E-state index in [1.54, 1.807) is 14.0 Å². The Balaban J connectivity index is 1.97. The van der Waals surface area contributed by atoms with Crippen LogP contribution in [0.3, 0.4) is 0 Å². The molecule has 2 aromatic carbocycles. The second-order valence-electron chi connectivity index (χ2n) is 5.06. The third-order valence-electron chi connectivity index (χ3n) is 3.39. The fraction of sp³-hybridized carbons (Fsp3) is 0.316. The summed E-state index contributed by atoms with van der Waals surface area (Å²) in [5.41, 5.74) is 2.11. The van der Waals surface area contributed by atoms with Gasteiger partial charge in [-0.25, -0.2) is 0 Å². The number of aryl methyl sites for hydroxylation is 1. The van der Waals surface area contributed by atoms with E-state index in [1.165, 1.54) is 0 Å². The summed E-state index contributed by atoms with van der Waals surface area (Å²) in [5, 5.41) is 0. The van der Waals surface area contributed by atoms with E-state index in [0.717, 1.165) is 11.1 Å². The molecule has 0 heterocycles. The molecule has 0 aliphatic carbocycles. The van der Waals surface area contributed by atoms with Gasteiger partial charge >= 0.3 is 5.97 Å². The molecule has 4 nitrogen and oxygen atoms in total. The number of esters is 1. The second-order valence-corrected chi connectivity index (χ2v) is 5.06. The van der Waals surface area contributed by atoms with Crippen LogP contribution in [0.1, 0.15) is 24.5 Å². The van der Waals surface area contributed by atoms with Gasteiger partial charge in [0, 0.05) is 6.42 Å². The Kier molecular flexibility index (Phi) is 6.48. The lowest BCUT2D eigenvalue weighted by molar-refractivity contribution is -0.143. The molecule has 0 atom stereocenters. The molecule has 0 amide bonds. The molecule has 0 spiro atoms. The number of carbonyl (C=O) groups excluding carboxylic acids is 1. The van der Waals surface area contributed by atoms with E-state index in [2.05, 4.69) is 0 Å². The summed E-state index contributed by atoms with van der Waals surface area (Å²) in [6.45, 7) is 2.70. The van der Waals surface area contributed by atoms with Gasteiger partial charge in [-0.3, -0.25) is 4.79 Å². The summed E-state index contributed by atoms with van der Waals surface area (Å²) in [6, 6.07) is 15.7. The van der Waals surface area contributed by atoms with Crippen molar-refractivity contribution < 1.29 is 19.0 Å². The molecule has 0 saturated carbocycles. The summed E-state index contributed by atoms with van der Waals surface area (Å²) >= 11 is 0. The zero-order chi connectivity index (χ0) is 16.5. The van der Waals surface area contributed by atoms with E-state index < -0.39 is 0 Å². The quantitative estimate of drug-likeness (QED) is 0.696. The maximum Gasteiger partial charge on any atom is 0.306 e. The van der Waals surface area contributed by atoms with Crippen molar-refractivity contribution in [2.24, 2.45) is 0 Å². The predicted octanol–water partition coefficient (Wildman–Crippen LogP) is 3.77. The molecule has 122 valence electrons. The molecule has 0 aromatic heterocycles. The van der Waals surface area contributed by atoms with Gasteiger partial charge in [0.25, 0.3) is 0 Å². The number of ether oxygens (including phenoxy) is 3. The van der Waals surface area contributed by atoms with Crippen LogP contribution in [0.25, 0.3) is 0 Å². The highest BCUT2D eigenvalue weighted by Gasteiger charge is 2.08. The van der Waals surface area contributed by atoms with Gasteiger partial charge in [0.05, 0.1) is 13.7 Å². The number of carbonyl (C=O) groups is 1. The maximum absolute atomic E-state index is 11.4. The highest BCUT2D eigenvalue weighted by Crippen LogP contribution is 2.29. The Hall–Kier alpha value is -2.49. The summed E-state index contributed by atoms with van der Waals surface area (Å²) in [7, 11) is 1.61. The zero-order valence-corrected chi connectivity index (χ0v) is 13.6. The van der Waals surface area contributed by atoms with Gasteiger partial charge in [-0.1, -0.05) is 36.4 Å². The largest absolute Gasteiger partial charge is 0.493 e. The van der Waals surface area contributed by atoms with Crippen LogP contribution >= 0.6 is 0 Å². The van der Waals surface area contributed by atoms with Crippen LogP contribution in [0.5, 0.6) is 11.5 Å². The third-order valence-corrected chi connectivity index (χ3v) is 3.39. The molecule has 2 aromatic rings. The average molecular weight is 314 g/mol. The van der Waals surface area contributed by atoms with Crippen LogP contribution in [0.15, 0.2) is 48.5 Å². The summed E-state index contributed by atoms with van der Waals surface area (Å²) in [5.74, 6) is 1.18. The summed E-state index contributed by atoms with van der Waals surface area (Å²) in [6.07, 6.45) is 0.982. The lowest BCUT2D eigenvalue weighted by Crippen LogP contribution is -2.05. The van der Waals surface area contributed by atoms with E-state index in [9.17, 15) is 4.79 Å². The minimum absolute atomic E-state index is 0.184. The second kappa shape index (κ2) is 8.83. The Bertz CT molecular complexity index is 623. The molecular formula is C19H22O4. The van der Waals surface area contributed by atoms with Gasteiger partial charge in [0.1, 0.15) is 6.61 Å². The zero-order valence-electron chi connectivity index (χ0n) is 13.6. The standard InChI is InChI=1S/C19H22O4/c1-3-22-19(20)12-10-15-9-11-17(18(13-15)21-2)23-14-16-7-5-4-6-8-16/h4-9,11,13H,3,10,12,14H2,1-2H3. The smallest absolute Gasteiger partial charge is 0.306 e. The van der Waals surface area contributed by atoms with Crippen LogP contribution in [0.4, 0.5) is 0 Å². The van der Waals surface area contributed by atoms with Crippen molar-refractivity contribution in [3.8, 4) is 11.5 Å². The molecule has 0 N–H and O–H groups in total. The molecule has 0 bridgehead atoms. The first-order valence-corrected chi connectivity index (χ1v) is 7.72. The fourth-order valence-electron chi connectivity index (χ4n) is 2.20. The Labute approximate surface area is 137 Å². The van der Waals surface area contributed by atoms with Crippen LogP contribution < -0.4 is 9.47 Å². The van der Waals surface area contributed by atoms with Crippen molar-refractivity contribution in [2.75, 3.05) is 13.7 Å². The van der Waals surface area contributed by atoms with Gasteiger partial charge in [-0.2, -0.15) is 0 Å². The number of methoxy groups -OCH3 is 1. The van der Waals surface area contributed by atoms with Crippen molar-refractivity contribution in [3.05, 3.63) is 59.7 Å². The van der Waals surface area contributed by atoms with E-state index in [-0.39, 0.29) is 5.97 Å². The SMILES string of the molecule is CCOC(=O)CCc1ccc(OCc2ccccc2)c(OC)c1. The number of benzene rings is 2. The highest BCUT2D eigenvalue weighted by atomic mass is 16.5. The van der Waals surface area contributed by atoms with Gasteiger partial charge in [0.15, 0.2) is 11.5 Å². The summed E-state index contributed by atoms with van der Waals surface area (Å²) in [4.78, 5) is 11.4. The minimum Gasteiger partial charge on any atom is -0.493 e. The van der Waals surface area contributed by atoms with Crippen molar-refractivity contribution >= 4 is 5.97 Å². The van der Waals surface area contributed by atoms with E-state index in [1.807, 2.05) is 48.5 Å². The lowest BCUT2D eigenvalue weighted by atomic mass is 10.1. The molecular weight excluding hydrogens is 292 g/mol. The molecule has 0 aliphatic heterocycles. The first-order valence-electron chi connectivity index (χ1n) is 7.72. The first kappa shape index (κ1) is 16.9.